The van der Waals surface area contributed by atoms with E-state index in [1.807, 2.05) is 0 Å². The molecule has 1 aromatic carbocycles. The van der Waals surface area contributed by atoms with Crippen LogP contribution < -0.4 is 0 Å². The first-order valence-corrected chi connectivity index (χ1v) is 6.55. The minimum atomic E-state index is 0.0617. The van der Waals surface area contributed by atoms with Gasteiger partial charge >= 0.3 is 0 Å². The molecular formula is C12H12BrNOS. The van der Waals surface area contributed by atoms with Gasteiger partial charge in [-0.1, -0.05) is 15.9 Å². The molecule has 1 heterocycles. The summed E-state index contributed by atoms with van der Waals surface area (Å²) in [6.45, 7) is 4.20. The lowest BCUT2D eigenvalue weighted by Crippen LogP contribution is -1.84. The summed E-state index contributed by atoms with van der Waals surface area (Å²) in [6, 6.07) is 4.22. The highest BCUT2D eigenvalue weighted by molar-refractivity contribution is 9.10. The van der Waals surface area contributed by atoms with E-state index in [0.29, 0.717) is 0 Å². The van der Waals surface area contributed by atoms with E-state index in [0.717, 1.165) is 19.9 Å². The second kappa shape index (κ2) is 4.65. The van der Waals surface area contributed by atoms with Crippen molar-refractivity contribution in [3.05, 3.63) is 38.8 Å². The number of halogens is 1. The van der Waals surface area contributed by atoms with Gasteiger partial charge in [0.15, 0.2) is 0 Å². The molecule has 0 fully saturated rings. The Morgan fingerprint density at radius 3 is 2.44 bits per heavy atom. The van der Waals surface area contributed by atoms with Gasteiger partial charge in [0.05, 0.1) is 11.5 Å². The molecular weight excluding hydrogens is 286 g/mol. The van der Waals surface area contributed by atoms with Crippen molar-refractivity contribution in [1.82, 2.24) is 4.98 Å². The Hall–Kier alpha value is -0.710. The van der Waals surface area contributed by atoms with E-state index in [-0.39, 0.29) is 6.61 Å². The van der Waals surface area contributed by atoms with Crippen LogP contribution in [0, 0.1) is 13.8 Å². The summed E-state index contributed by atoms with van der Waals surface area (Å²) in [5, 5.41) is 9.97. The molecule has 0 saturated carbocycles. The third-order valence-electron chi connectivity index (χ3n) is 2.39. The first kappa shape index (κ1) is 11.8. The molecule has 0 bridgehead atoms. The summed E-state index contributed by atoms with van der Waals surface area (Å²) >= 11 is 5.08. The quantitative estimate of drug-likeness (QED) is 0.917. The number of benzene rings is 1. The molecule has 1 aromatic heterocycles. The van der Waals surface area contributed by atoms with Crippen molar-refractivity contribution in [3.63, 3.8) is 0 Å². The summed E-state index contributed by atoms with van der Waals surface area (Å²) < 4.78 is 1.15. The van der Waals surface area contributed by atoms with Gasteiger partial charge in [0.1, 0.15) is 5.01 Å². The van der Waals surface area contributed by atoms with Crippen LogP contribution in [0.3, 0.4) is 0 Å². The smallest absolute Gasteiger partial charge is 0.123 e. The fourth-order valence-electron chi connectivity index (χ4n) is 1.58. The van der Waals surface area contributed by atoms with Crippen LogP contribution in [0.1, 0.15) is 16.0 Å². The maximum Gasteiger partial charge on any atom is 0.123 e. The third kappa shape index (κ3) is 2.19. The van der Waals surface area contributed by atoms with E-state index >= 15 is 0 Å². The monoisotopic (exact) mass is 297 g/mol. The molecule has 4 heteroatoms. The zero-order chi connectivity index (χ0) is 11.7. The van der Waals surface area contributed by atoms with E-state index in [4.69, 9.17) is 5.11 Å². The number of aliphatic hydroxyl groups is 1. The van der Waals surface area contributed by atoms with Crippen LogP contribution in [0.5, 0.6) is 0 Å². The summed E-state index contributed by atoms with van der Waals surface area (Å²) in [7, 11) is 0. The van der Waals surface area contributed by atoms with Gasteiger partial charge in [-0.25, -0.2) is 4.98 Å². The number of rotatable bonds is 2. The predicted octanol–water partition coefficient (Wildman–Crippen LogP) is 3.68. The summed E-state index contributed by atoms with van der Waals surface area (Å²) in [4.78, 5) is 5.21. The first-order chi connectivity index (χ1) is 7.61. The minimum absolute atomic E-state index is 0.0617. The predicted molar refractivity (Wildman–Crippen MR) is 70.6 cm³/mol. The SMILES string of the molecule is Cc1cc(-c2ncc(CO)s2)cc(C)c1Br. The number of aliphatic hydroxyl groups excluding tert-OH is 1. The average molecular weight is 298 g/mol. The van der Waals surface area contributed by atoms with E-state index in [1.54, 1.807) is 6.20 Å². The van der Waals surface area contributed by atoms with E-state index < -0.39 is 0 Å². The number of aryl methyl sites for hydroxylation is 2. The normalized spacial score (nSPS) is 10.8. The number of hydrogen-bond acceptors (Lipinski definition) is 3. The molecule has 2 nitrogen and oxygen atoms in total. The Labute approximate surface area is 107 Å². The van der Waals surface area contributed by atoms with Crippen molar-refractivity contribution in [2.75, 3.05) is 0 Å². The molecule has 0 saturated heterocycles. The van der Waals surface area contributed by atoms with Gasteiger partial charge in [0, 0.05) is 16.2 Å². The fraction of sp³-hybridized carbons (Fsp3) is 0.250. The number of nitrogens with zero attached hydrogens (tertiary/aromatic N) is 1. The van der Waals surface area contributed by atoms with Crippen molar-refractivity contribution in [3.8, 4) is 10.6 Å². The van der Waals surface area contributed by atoms with Gasteiger partial charge in [-0.15, -0.1) is 11.3 Å². The summed E-state index contributed by atoms with van der Waals surface area (Å²) in [5.41, 5.74) is 3.52. The van der Waals surface area contributed by atoms with Gasteiger partial charge in [0.2, 0.25) is 0 Å². The molecule has 0 unspecified atom stereocenters. The highest BCUT2D eigenvalue weighted by atomic mass is 79.9. The lowest BCUT2D eigenvalue weighted by Gasteiger charge is -2.05. The number of thiazole rings is 1. The molecule has 0 aliphatic heterocycles. The molecule has 1 N–H and O–H groups in total. The molecule has 0 aliphatic rings. The summed E-state index contributed by atoms with van der Waals surface area (Å²) in [6.07, 6.45) is 1.73. The Morgan fingerprint density at radius 1 is 1.31 bits per heavy atom. The van der Waals surface area contributed by atoms with E-state index in [1.165, 1.54) is 22.5 Å². The lowest BCUT2D eigenvalue weighted by molar-refractivity contribution is 0.285. The average Bonchev–Trinajstić information content (AvgIpc) is 2.73. The maximum atomic E-state index is 9.01. The number of aromatic nitrogens is 1. The molecule has 16 heavy (non-hydrogen) atoms. The van der Waals surface area contributed by atoms with Gasteiger partial charge in [-0.3, -0.25) is 0 Å². The highest BCUT2D eigenvalue weighted by Gasteiger charge is 2.07. The lowest BCUT2D eigenvalue weighted by atomic mass is 10.1. The van der Waals surface area contributed by atoms with Crippen LogP contribution in [0.2, 0.25) is 0 Å². The standard InChI is InChI=1S/C12H12BrNOS/c1-7-3-9(4-8(2)11(7)13)12-14-5-10(6-15)16-12/h3-5,15H,6H2,1-2H3. The molecule has 0 aliphatic carbocycles. The fourth-order valence-corrected chi connectivity index (χ4v) is 2.57. The summed E-state index contributed by atoms with van der Waals surface area (Å²) in [5.74, 6) is 0. The minimum Gasteiger partial charge on any atom is -0.391 e. The first-order valence-electron chi connectivity index (χ1n) is 4.94. The molecule has 0 spiro atoms. The van der Waals surface area contributed by atoms with Gasteiger partial charge in [-0.05, 0) is 37.1 Å². The van der Waals surface area contributed by atoms with Crippen molar-refractivity contribution in [1.29, 1.82) is 0 Å². The molecule has 0 atom stereocenters. The third-order valence-corrected chi connectivity index (χ3v) is 4.67. The highest BCUT2D eigenvalue weighted by Crippen LogP contribution is 2.30. The van der Waals surface area contributed by atoms with Gasteiger partial charge < -0.3 is 5.11 Å². The van der Waals surface area contributed by atoms with Crippen LogP contribution in [-0.2, 0) is 6.61 Å². The van der Waals surface area contributed by atoms with Crippen LogP contribution in [0.25, 0.3) is 10.6 Å². The van der Waals surface area contributed by atoms with Crippen LogP contribution in [-0.4, -0.2) is 10.1 Å². The van der Waals surface area contributed by atoms with Crippen LogP contribution in [0.15, 0.2) is 22.8 Å². The molecule has 2 rings (SSSR count). The van der Waals surface area contributed by atoms with Gasteiger partial charge in [-0.2, -0.15) is 0 Å². The second-order valence-corrected chi connectivity index (χ2v) is 5.62. The van der Waals surface area contributed by atoms with E-state index in [2.05, 4.69) is 46.9 Å². The Morgan fingerprint density at radius 2 is 1.94 bits per heavy atom. The maximum absolute atomic E-state index is 9.01. The zero-order valence-electron chi connectivity index (χ0n) is 9.12. The zero-order valence-corrected chi connectivity index (χ0v) is 11.5. The van der Waals surface area contributed by atoms with Crippen LogP contribution >= 0.6 is 27.3 Å². The van der Waals surface area contributed by atoms with Crippen molar-refractivity contribution >= 4 is 27.3 Å². The van der Waals surface area contributed by atoms with Crippen LogP contribution in [0.4, 0.5) is 0 Å². The Bertz CT molecular complexity index is 498. The topological polar surface area (TPSA) is 33.1 Å². The van der Waals surface area contributed by atoms with E-state index in [9.17, 15) is 0 Å². The molecule has 84 valence electrons. The van der Waals surface area contributed by atoms with Crippen molar-refractivity contribution in [2.45, 2.75) is 20.5 Å². The molecule has 0 radical (unpaired) electrons. The molecule has 0 amide bonds. The second-order valence-electron chi connectivity index (χ2n) is 3.71. The Balaban J connectivity index is 2.48. The van der Waals surface area contributed by atoms with Gasteiger partial charge in [0.25, 0.3) is 0 Å². The Kier molecular flexibility index (Phi) is 3.42. The largest absolute Gasteiger partial charge is 0.391 e. The van der Waals surface area contributed by atoms with Crippen molar-refractivity contribution < 1.29 is 5.11 Å². The molecule has 2 aromatic rings. The van der Waals surface area contributed by atoms with Crippen molar-refractivity contribution in [2.24, 2.45) is 0 Å². The number of hydrogen-bond donors (Lipinski definition) is 1.